The molecule has 4 aromatic carbocycles. The molecule has 1 N–H and O–H groups in total. The Hall–Kier alpha value is -4.63. The lowest BCUT2D eigenvalue weighted by molar-refractivity contribution is -0.140. The zero-order valence-corrected chi connectivity index (χ0v) is 27.0. The number of nitrogens with one attached hydrogen (secondary N) is 1. The van der Waals surface area contributed by atoms with Crippen molar-refractivity contribution >= 4 is 27.5 Å². The van der Waals surface area contributed by atoms with Crippen LogP contribution in [0.1, 0.15) is 30.5 Å². The van der Waals surface area contributed by atoms with Crippen LogP contribution in [-0.2, 0) is 32.6 Å². The lowest BCUT2D eigenvalue weighted by Gasteiger charge is -2.34. The van der Waals surface area contributed by atoms with Gasteiger partial charge in [0.2, 0.25) is 11.8 Å². The number of hydrogen-bond donors (Lipinski definition) is 1. The second-order valence-corrected chi connectivity index (χ2v) is 13.2. The van der Waals surface area contributed by atoms with Crippen molar-refractivity contribution in [3.8, 4) is 5.75 Å². The first-order chi connectivity index (χ1) is 21.6. The number of anilines is 1. The molecule has 0 fully saturated rings. The van der Waals surface area contributed by atoms with E-state index in [-0.39, 0.29) is 29.7 Å². The minimum absolute atomic E-state index is 0.0144. The van der Waals surface area contributed by atoms with Crippen LogP contribution < -0.4 is 14.4 Å². The van der Waals surface area contributed by atoms with Gasteiger partial charge in [-0.05, 0) is 60.4 Å². The van der Waals surface area contributed by atoms with Gasteiger partial charge in [-0.3, -0.25) is 13.9 Å². The number of amides is 2. The predicted molar refractivity (Wildman–Crippen MR) is 177 cm³/mol. The van der Waals surface area contributed by atoms with Gasteiger partial charge in [-0.25, -0.2) is 8.42 Å². The highest BCUT2D eigenvalue weighted by molar-refractivity contribution is 7.92. The number of methoxy groups -OCH3 is 1. The molecule has 0 bridgehead atoms. The molecule has 45 heavy (non-hydrogen) atoms. The second kappa shape index (κ2) is 15.4. The SMILES string of the molecule is COc1ccc(S(=O)(=O)N(CC(=O)N(Cc2ccc(C)cc2)C(Cc2ccccc2)C(=O)NCC(C)C)c2ccccc2)cc1. The van der Waals surface area contributed by atoms with Gasteiger partial charge in [-0.15, -0.1) is 0 Å². The van der Waals surface area contributed by atoms with Crippen molar-refractivity contribution in [1.29, 1.82) is 0 Å². The minimum Gasteiger partial charge on any atom is -0.497 e. The van der Waals surface area contributed by atoms with E-state index >= 15 is 0 Å². The van der Waals surface area contributed by atoms with E-state index in [9.17, 15) is 18.0 Å². The van der Waals surface area contributed by atoms with E-state index in [0.717, 1.165) is 21.0 Å². The van der Waals surface area contributed by atoms with Crippen molar-refractivity contribution in [1.82, 2.24) is 10.2 Å². The molecule has 1 atom stereocenters. The number of nitrogens with zero attached hydrogens (tertiary/aromatic N) is 2. The second-order valence-electron chi connectivity index (χ2n) is 11.4. The average Bonchev–Trinajstić information content (AvgIpc) is 3.05. The van der Waals surface area contributed by atoms with E-state index in [1.807, 2.05) is 75.4 Å². The Balaban J connectivity index is 1.77. The molecule has 1 unspecified atom stereocenters. The summed E-state index contributed by atoms with van der Waals surface area (Å²) in [5.74, 6) is -0.0815. The average molecular weight is 628 g/mol. The lowest BCUT2D eigenvalue weighted by atomic mass is 10.0. The quantitative estimate of drug-likeness (QED) is 0.196. The van der Waals surface area contributed by atoms with Crippen LogP contribution in [0.25, 0.3) is 0 Å². The van der Waals surface area contributed by atoms with E-state index < -0.39 is 28.5 Å². The molecule has 2 amide bonds. The number of carbonyl (C=O) groups excluding carboxylic acids is 2. The zero-order chi connectivity index (χ0) is 32.4. The Morgan fingerprint density at radius 2 is 1.40 bits per heavy atom. The van der Waals surface area contributed by atoms with E-state index in [4.69, 9.17) is 4.74 Å². The standard InChI is InChI=1S/C36H41N3O5S/c1-27(2)24-37-36(41)34(23-29-11-7-5-8-12-29)38(25-30-17-15-28(3)16-18-30)35(40)26-39(31-13-9-6-10-14-31)45(42,43)33-21-19-32(44-4)20-22-33/h5-22,27,34H,23-26H2,1-4H3,(H,37,41). The highest BCUT2D eigenvalue weighted by atomic mass is 32.2. The van der Waals surface area contributed by atoms with Crippen LogP contribution in [0.3, 0.4) is 0 Å². The third-order valence-corrected chi connectivity index (χ3v) is 9.19. The van der Waals surface area contributed by atoms with Gasteiger partial charge in [-0.2, -0.15) is 0 Å². The summed E-state index contributed by atoms with van der Waals surface area (Å²) >= 11 is 0. The van der Waals surface area contributed by atoms with E-state index in [1.54, 1.807) is 42.5 Å². The lowest BCUT2D eigenvalue weighted by Crippen LogP contribution is -2.53. The van der Waals surface area contributed by atoms with Crippen molar-refractivity contribution in [3.63, 3.8) is 0 Å². The summed E-state index contributed by atoms with van der Waals surface area (Å²) in [7, 11) is -2.68. The Kier molecular flexibility index (Phi) is 11.4. The largest absolute Gasteiger partial charge is 0.497 e. The van der Waals surface area contributed by atoms with Crippen molar-refractivity contribution in [3.05, 3.63) is 126 Å². The number of para-hydroxylation sites is 1. The van der Waals surface area contributed by atoms with Crippen molar-refractivity contribution < 1.29 is 22.7 Å². The number of hydrogen-bond acceptors (Lipinski definition) is 5. The molecule has 4 aromatic rings. The topological polar surface area (TPSA) is 96.0 Å². The van der Waals surface area contributed by atoms with E-state index in [0.29, 0.717) is 18.0 Å². The molecule has 0 heterocycles. The summed E-state index contributed by atoms with van der Waals surface area (Å²) in [6.07, 6.45) is 0.263. The maximum absolute atomic E-state index is 14.5. The fourth-order valence-corrected chi connectivity index (χ4v) is 6.28. The molecule has 9 heteroatoms. The van der Waals surface area contributed by atoms with Crippen molar-refractivity contribution in [2.24, 2.45) is 5.92 Å². The van der Waals surface area contributed by atoms with Crippen LogP contribution >= 0.6 is 0 Å². The molecule has 0 aliphatic carbocycles. The highest BCUT2D eigenvalue weighted by Crippen LogP contribution is 2.26. The number of rotatable bonds is 14. The first kappa shape index (κ1) is 33.3. The van der Waals surface area contributed by atoms with E-state index in [2.05, 4.69) is 5.32 Å². The van der Waals surface area contributed by atoms with Crippen LogP contribution in [0, 0.1) is 12.8 Å². The third-order valence-electron chi connectivity index (χ3n) is 7.40. The molecule has 0 aliphatic rings. The molecule has 0 radical (unpaired) electrons. The Bertz CT molecular complexity index is 1640. The normalized spacial score (nSPS) is 11.9. The fraction of sp³-hybridized carbons (Fsp3) is 0.278. The van der Waals surface area contributed by atoms with Crippen LogP contribution in [-0.4, -0.2) is 51.4 Å². The Morgan fingerprint density at radius 3 is 1.98 bits per heavy atom. The molecule has 0 spiro atoms. The van der Waals surface area contributed by atoms with Crippen molar-refractivity contribution in [2.75, 3.05) is 24.5 Å². The molecule has 4 rings (SSSR count). The number of carbonyl (C=O) groups is 2. The van der Waals surface area contributed by atoms with Gasteiger partial charge in [0.25, 0.3) is 10.0 Å². The Morgan fingerprint density at radius 1 is 0.800 bits per heavy atom. The summed E-state index contributed by atoms with van der Waals surface area (Å²) in [6.45, 7) is 6.04. The molecule has 8 nitrogen and oxygen atoms in total. The number of ether oxygens (including phenoxy) is 1. The van der Waals surface area contributed by atoms with Gasteiger partial charge in [0.1, 0.15) is 18.3 Å². The predicted octanol–water partition coefficient (Wildman–Crippen LogP) is 5.61. The van der Waals surface area contributed by atoms with E-state index in [1.165, 1.54) is 24.1 Å². The summed E-state index contributed by atoms with van der Waals surface area (Å²) in [6, 6.07) is 30.9. The molecular formula is C36H41N3O5S. The van der Waals surface area contributed by atoms with Gasteiger partial charge in [-0.1, -0.05) is 92.2 Å². The molecule has 0 saturated carbocycles. The van der Waals surface area contributed by atoms with Gasteiger partial charge < -0.3 is 15.0 Å². The smallest absolute Gasteiger partial charge is 0.264 e. The minimum atomic E-state index is -4.18. The van der Waals surface area contributed by atoms with Gasteiger partial charge >= 0.3 is 0 Å². The molecule has 0 aromatic heterocycles. The van der Waals surface area contributed by atoms with Gasteiger partial charge in [0.15, 0.2) is 0 Å². The monoisotopic (exact) mass is 627 g/mol. The van der Waals surface area contributed by atoms with Crippen LogP contribution in [0.5, 0.6) is 5.75 Å². The van der Waals surface area contributed by atoms with Crippen LogP contribution in [0.15, 0.2) is 114 Å². The molecule has 0 saturated heterocycles. The maximum Gasteiger partial charge on any atom is 0.264 e. The summed E-state index contributed by atoms with van der Waals surface area (Å²) < 4.78 is 34.5. The first-order valence-corrected chi connectivity index (χ1v) is 16.4. The fourth-order valence-electron chi connectivity index (χ4n) is 4.86. The molecule has 236 valence electrons. The number of aryl methyl sites for hydroxylation is 1. The third kappa shape index (κ3) is 8.95. The van der Waals surface area contributed by atoms with Crippen LogP contribution in [0.2, 0.25) is 0 Å². The summed E-state index contributed by atoms with van der Waals surface area (Å²) in [5, 5.41) is 3.01. The summed E-state index contributed by atoms with van der Waals surface area (Å²) in [4.78, 5) is 29.8. The Labute approximate surface area is 266 Å². The van der Waals surface area contributed by atoms with Gasteiger partial charge in [0.05, 0.1) is 17.7 Å². The van der Waals surface area contributed by atoms with Crippen LogP contribution in [0.4, 0.5) is 5.69 Å². The summed E-state index contributed by atoms with van der Waals surface area (Å²) in [5.41, 5.74) is 3.11. The molecule has 0 aliphatic heterocycles. The van der Waals surface area contributed by atoms with Crippen molar-refractivity contribution in [2.45, 2.75) is 44.7 Å². The first-order valence-electron chi connectivity index (χ1n) is 15.0. The number of benzene rings is 4. The van der Waals surface area contributed by atoms with Gasteiger partial charge in [0, 0.05) is 19.5 Å². The number of sulfonamides is 1. The molecular weight excluding hydrogens is 586 g/mol. The zero-order valence-electron chi connectivity index (χ0n) is 26.2. The highest BCUT2D eigenvalue weighted by Gasteiger charge is 2.34. The maximum atomic E-state index is 14.5.